The van der Waals surface area contributed by atoms with Crippen molar-refractivity contribution in [2.75, 3.05) is 13.1 Å². The maximum Gasteiger partial charge on any atom is 0.410 e. The lowest BCUT2D eigenvalue weighted by atomic mass is 10.0. The number of aromatic nitrogens is 2. The molecule has 0 unspecified atom stereocenters. The summed E-state index contributed by atoms with van der Waals surface area (Å²) in [7, 11) is 0. The molecule has 0 aromatic carbocycles. The zero-order chi connectivity index (χ0) is 17.2. The van der Waals surface area contributed by atoms with Crippen molar-refractivity contribution >= 4 is 23.5 Å². The highest BCUT2D eigenvalue weighted by atomic mass is 32.1. The SMILES string of the molecule is CC(C)(C)OC(=O)N1CCC(=Cc2nnc(-c3cccs3)o2)CC1. The minimum atomic E-state index is -0.463. The molecule has 3 rings (SSSR count). The highest BCUT2D eigenvalue weighted by Gasteiger charge is 2.24. The van der Waals surface area contributed by atoms with Crippen molar-refractivity contribution in [2.45, 2.75) is 39.2 Å². The number of piperidine rings is 1. The third-order valence-corrected chi connectivity index (χ3v) is 4.42. The van der Waals surface area contributed by atoms with Gasteiger partial charge in [-0.2, -0.15) is 0 Å². The fourth-order valence-corrected chi connectivity index (χ4v) is 3.06. The van der Waals surface area contributed by atoms with E-state index in [2.05, 4.69) is 10.2 Å². The zero-order valence-electron chi connectivity index (χ0n) is 14.1. The van der Waals surface area contributed by atoms with Crippen LogP contribution in [0.4, 0.5) is 4.79 Å². The highest BCUT2D eigenvalue weighted by Crippen LogP contribution is 2.25. The second-order valence-corrected chi connectivity index (χ2v) is 7.64. The third kappa shape index (κ3) is 4.23. The second-order valence-electron chi connectivity index (χ2n) is 6.69. The van der Waals surface area contributed by atoms with E-state index in [4.69, 9.17) is 9.15 Å². The molecular formula is C17H21N3O3S. The van der Waals surface area contributed by atoms with Crippen LogP contribution in [-0.2, 0) is 4.74 Å². The van der Waals surface area contributed by atoms with Crippen molar-refractivity contribution in [3.63, 3.8) is 0 Å². The lowest BCUT2D eigenvalue weighted by Gasteiger charge is -2.30. The normalized spacial score (nSPS) is 15.5. The highest BCUT2D eigenvalue weighted by molar-refractivity contribution is 7.13. The van der Waals surface area contributed by atoms with Crippen LogP contribution in [0, 0.1) is 0 Å². The van der Waals surface area contributed by atoms with E-state index >= 15 is 0 Å². The predicted octanol–water partition coefficient (Wildman–Crippen LogP) is 4.21. The number of hydrogen-bond donors (Lipinski definition) is 0. The summed E-state index contributed by atoms with van der Waals surface area (Å²) in [5.41, 5.74) is 0.742. The molecule has 3 heterocycles. The zero-order valence-corrected chi connectivity index (χ0v) is 14.9. The van der Waals surface area contributed by atoms with Crippen molar-refractivity contribution in [3.05, 3.63) is 29.0 Å². The largest absolute Gasteiger partial charge is 0.444 e. The summed E-state index contributed by atoms with van der Waals surface area (Å²) >= 11 is 1.57. The summed E-state index contributed by atoms with van der Waals surface area (Å²) in [6, 6.07) is 3.91. The molecule has 24 heavy (non-hydrogen) atoms. The summed E-state index contributed by atoms with van der Waals surface area (Å²) in [5.74, 6) is 1.06. The van der Waals surface area contributed by atoms with E-state index < -0.39 is 5.60 Å². The van der Waals surface area contributed by atoms with Crippen LogP contribution < -0.4 is 0 Å². The molecule has 7 heteroatoms. The van der Waals surface area contributed by atoms with Crippen molar-refractivity contribution in [3.8, 4) is 10.8 Å². The Balaban J connectivity index is 1.58. The second kappa shape index (κ2) is 6.76. The molecule has 0 saturated carbocycles. The van der Waals surface area contributed by atoms with Gasteiger partial charge in [0.2, 0.25) is 5.89 Å². The van der Waals surface area contributed by atoms with Gasteiger partial charge in [0, 0.05) is 19.2 Å². The summed E-state index contributed by atoms with van der Waals surface area (Å²) < 4.78 is 11.1. The lowest BCUT2D eigenvalue weighted by Crippen LogP contribution is -2.40. The number of amides is 1. The van der Waals surface area contributed by atoms with E-state index in [1.807, 2.05) is 44.4 Å². The van der Waals surface area contributed by atoms with Gasteiger partial charge in [-0.3, -0.25) is 0 Å². The van der Waals surface area contributed by atoms with E-state index in [9.17, 15) is 4.79 Å². The van der Waals surface area contributed by atoms with Crippen LogP contribution in [0.2, 0.25) is 0 Å². The van der Waals surface area contributed by atoms with E-state index in [1.54, 1.807) is 16.2 Å². The first-order chi connectivity index (χ1) is 11.4. The maximum atomic E-state index is 12.1. The van der Waals surface area contributed by atoms with Gasteiger partial charge >= 0.3 is 6.09 Å². The smallest absolute Gasteiger partial charge is 0.410 e. The number of nitrogens with zero attached hydrogens (tertiary/aromatic N) is 3. The van der Waals surface area contributed by atoms with Crippen LogP contribution in [0.1, 0.15) is 39.5 Å². The minimum Gasteiger partial charge on any atom is -0.444 e. The quantitative estimate of drug-likeness (QED) is 0.814. The molecule has 0 bridgehead atoms. The molecule has 0 spiro atoms. The number of ether oxygens (including phenoxy) is 1. The molecule has 0 atom stereocenters. The third-order valence-electron chi connectivity index (χ3n) is 3.56. The van der Waals surface area contributed by atoms with Crippen LogP contribution >= 0.6 is 11.3 Å². The molecule has 0 N–H and O–H groups in total. The maximum absolute atomic E-state index is 12.1. The van der Waals surface area contributed by atoms with Crippen LogP contribution in [0.5, 0.6) is 0 Å². The van der Waals surface area contributed by atoms with Gasteiger partial charge in [0.1, 0.15) is 5.60 Å². The van der Waals surface area contributed by atoms with Crippen LogP contribution in [0.25, 0.3) is 16.8 Å². The Kier molecular flexibility index (Phi) is 4.71. The molecule has 6 nitrogen and oxygen atoms in total. The van der Waals surface area contributed by atoms with Crippen molar-refractivity contribution in [1.29, 1.82) is 0 Å². The molecule has 0 aliphatic carbocycles. The monoisotopic (exact) mass is 347 g/mol. The Hall–Kier alpha value is -2.15. The number of hydrogen-bond acceptors (Lipinski definition) is 6. The van der Waals surface area contributed by atoms with Gasteiger partial charge in [-0.15, -0.1) is 21.5 Å². The minimum absolute atomic E-state index is 0.251. The molecule has 2 aromatic rings. The van der Waals surface area contributed by atoms with Crippen LogP contribution in [0.3, 0.4) is 0 Å². The molecule has 128 valence electrons. The van der Waals surface area contributed by atoms with Gasteiger partial charge in [0.25, 0.3) is 5.89 Å². The molecule has 1 aliphatic rings. The Bertz CT molecular complexity index is 719. The molecule has 1 fully saturated rings. The molecule has 1 aliphatic heterocycles. The number of thiophene rings is 1. The molecule has 0 radical (unpaired) electrons. The van der Waals surface area contributed by atoms with Crippen molar-refractivity contribution < 1.29 is 13.9 Å². The predicted molar refractivity (Wildman–Crippen MR) is 92.6 cm³/mol. The fraction of sp³-hybridized carbons (Fsp3) is 0.471. The molecule has 1 saturated heterocycles. The molecule has 2 aromatic heterocycles. The van der Waals surface area contributed by atoms with Gasteiger partial charge in [0.15, 0.2) is 0 Å². The Morgan fingerprint density at radius 3 is 2.71 bits per heavy atom. The lowest BCUT2D eigenvalue weighted by molar-refractivity contribution is 0.0237. The van der Waals surface area contributed by atoms with Crippen LogP contribution in [-0.4, -0.2) is 39.9 Å². The average Bonchev–Trinajstić information content (AvgIpc) is 3.16. The topological polar surface area (TPSA) is 68.5 Å². The number of likely N-dealkylation sites (tertiary alicyclic amines) is 1. The van der Waals surface area contributed by atoms with Gasteiger partial charge < -0.3 is 14.1 Å². The van der Waals surface area contributed by atoms with E-state index in [0.717, 1.165) is 17.7 Å². The average molecular weight is 347 g/mol. The summed E-state index contributed by atoms with van der Waals surface area (Å²) in [4.78, 5) is 14.8. The standard InChI is InChI=1S/C17H21N3O3S/c1-17(2,3)23-16(21)20-8-6-12(7-9-20)11-14-18-19-15(22-14)13-5-4-10-24-13/h4-5,10-11H,6-9H2,1-3H3. The Morgan fingerprint density at radius 1 is 1.33 bits per heavy atom. The van der Waals surface area contributed by atoms with E-state index in [0.29, 0.717) is 24.9 Å². The molecule has 1 amide bonds. The van der Waals surface area contributed by atoms with Crippen molar-refractivity contribution in [2.24, 2.45) is 0 Å². The first-order valence-electron chi connectivity index (χ1n) is 7.95. The fourth-order valence-electron chi connectivity index (χ4n) is 2.41. The first kappa shape index (κ1) is 16.7. The summed E-state index contributed by atoms with van der Waals surface area (Å²) in [5, 5.41) is 10.1. The summed E-state index contributed by atoms with van der Waals surface area (Å²) in [6.45, 7) is 6.92. The van der Waals surface area contributed by atoms with Gasteiger partial charge in [-0.25, -0.2) is 4.79 Å². The van der Waals surface area contributed by atoms with E-state index in [1.165, 1.54) is 5.57 Å². The van der Waals surface area contributed by atoms with Crippen molar-refractivity contribution in [1.82, 2.24) is 15.1 Å². The van der Waals surface area contributed by atoms with Crippen LogP contribution in [0.15, 0.2) is 27.5 Å². The number of rotatable bonds is 2. The molecular weight excluding hydrogens is 326 g/mol. The van der Waals surface area contributed by atoms with Gasteiger partial charge in [-0.1, -0.05) is 11.6 Å². The van der Waals surface area contributed by atoms with Gasteiger partial charge in [-0.05, 0) is 45.1 Å². The number of carbonyl (C=O) groups is 1. The Labute approximate surface area is 145 Å². The first-order valence-corrected chi connectivity index (χ1v) is 8.83. The Morgan fingerprint density at radius 2 is 2.08 bits per heavy atom. The number of carbonyl (C=O) groups excluding carboxylic acids is 1. The van der Waals surface area contributed by atoms with Gasteiger partial charge in [0.05, 0.1) is 4.88 Å². The van der Waals surface area contributed by atoms with E-state index in [-0.39, 0.29) is 6.09 Å². The summed E-state index contributed by atoms with van der Waals surface area (Å²) in [6.07, 6.45) is 3.25.